The van der Waals surface area contributed by atoms with Crippen LogP contribution in [0.3, 0.4) is 0 Å². The fourth-order valence-electron chi connectivity index (χ4n) is 3.83. The third-order valence-electron chi connectivity index (χ3n) is 5.81. The van der Waals surface area contributed by atoms with Gasteiger partial charge in [-0.25, -0.2) is 19.2 Å². The van der Waals surface area contributed by atoms with Crippen LogP contribution in [0.5, 0.6) is 0 Å². The third kappa shape index (κ3) is 5.90. The Morgan fingerprint density at radius 2 is 1.32 bits per heavy atom. The van der Waals surface area contributed by atoms with Gasteiger partial charge in [0.15, 0.2) is 5.78 Å². The highest BCUT2D eigenvalue weighted by molar-refractivity contribution is 6.13. The minimum atomic E-state index is -1.44. The maximum absolute atomic E-state index is 13.0. The van der Waals surface area contributed by atoms with Crippen molar-refractivity contribution in [1.29, 1.82) is 0 Å². The van der Waals surface area contributed by atoms with E-state index in [1.807, 2.05) is 32.0 Å². The molecule has 0 aliphatic heterocycles. The van der Waals surface area contributed by atoms with Gasteiger partial charge in [0.1, 0.15) is 6.61 Å². The topological polar surface area (TPSA) is 144 Å². The van der Waals surface area contributed by atoms with Crippen molar-refractivity contribution < 1.29 is 43.7 Å². The second-order valence-corrected chi connectivity index (χ2v) is 8.14. The molecule has 3 aromatic rings. The number of rotatable bonds is 9. The molecular formula is C28H24O9. The largest absolute Gasteiger partial charge is 0.478 e. The van der Waals surface area contributed by atoms with Crippen LogP contribution in [0.2, 0.25) is 0 Å². The molecule has 9 nitrogen and oxygen atoms in total. The van der Waals surface area contributed by atoms with Gasteiger partial charge in [-0.15, -0.1) is 0 Å². The summed E-state index contributed by atoms with van der Waals surface area (Å²) in [6, 6.07) is 12.5. The Hall–Kier alpha value is -4.79. The van der Waals surface area contributed by atoms with E-state index in [1.165, 1.54) is 23.8 Å². The van der Waals surface area contributed by atoms with Gasteiger partial charge in [-0.3, -0.25) is 4.79 Å². The zero-order valence-electron chi connectivity index (χ0n) is 20.4. The number of aromatic carboxylic acids is 2. The zero-order chi connectivity index (χ0) is 27.3. The molecule has 0 aliphatic rings. The van der Waals surface area contributed by atoms with E-state index >= 15 is 0 Å². The lowest BCUT2D eigenvalue weighted by atomic mass is 9.95. The first kappa shape index (κ1) is 26.8. The summed E-state index contributed by atoms with van der Waals surface area (Å²) in [5.41, 5.74) is 1.45. The van der Waals surface area contributed by atoms with E-state index < -0.39 is 35.2 Å². The van der Waals surface area contributed by atoms with E-state index in [9.17, 15) is 34.2 Å². The molecule has 0 bridgehead atoms. The Kier molecular flexibility index (Phi) is 8.19. The van der Waals surface area contributed by atoms with Crippen molar-refractivity contribution in [2.45, 2.75) is 26.9 Å². The highest BCUT2D eigenvalue weighted by Gasteiger charge is 2.23. The van der Waals surface area contributed by atoms with Gasteiger partial charge in [-0.2, -0.15) is 0 Å². The number of aryl methyl sites for hydroxylation is 2. The van der Waals surface area contributed by atoms with Crippen molar-refractivity contribution in [3.8, 4) is 0 Å². The second-order valence-electron chi connectivity index (χ2n) is 8.14. The van der Waals surface area contributed by atoms with Gasteiger partial charge < -0.3 is 19.7 Å². The Bertz CT molecular complexity index is 1420. The van der Waals surface area contributed by atoms with Gasteiger partial charge in [0.2, 0.25) is 0 Å². The molecule has 3 aromatic carbocycles. The average molecular weight is 504 g/mol. The minimum Gasteiger partial charge on any atom is -0.478 e. The molecule has 0 spiro atoms. The monoisotopic (exact) mass is 504 g/mol. The van der Waals surface area contributed by atoms with E-state index in [0.717, 1.165) is 42.9 Å². The van der Waals surface area contributed by atoms with Gasteiger partial charge in [-0.05, 0) is 54.3 Å². The number of esters is 2. The molecule has 0 unspecified atom stereocenters. The maximum Gasteiger partial charge on any atom is 0.339 e. The number of carbonyl (C=O) groups is 5. The summed E-state index contributed by atoms with van der Waals surface area (Å²) in [6.45, 7) is 3.93. The number of methoxy groups -OCH3 is 1. The Balaban J connectivity index is 1.88. The van der Waals surface area contributed by atoms with Gasteiger partial charge in [0.25, 0.3) is 0 Å². The van der Waals surface area contributed by atoms with Gasteiger partial charge in [-0.1, -0.05) is 37.3 Å². The number of carbonyl (C=O) groups excluding carboxylic acids is 3. The summed E-state index contributed by atoms with van der Waals surface area (Å²) in [5, 5.41) is 19.0. The van der Waals surface area contributed by atoms with Crippen LogP contribution in [-0.2, 0) is 22.5 Å². The molecule has 0 heterocycles. The Morgan fingerprint density at radius 3 is 1.86 bits per heavy atom. The van der Waals surface area contributed by atoms with Crippen LogP contribution in [0.1, 0.15) is 81.0 Å². The van der Waals surface area contributed by atoms with E-state index in [1.54, 1.807) is 0 Å². The molecule has 9 heteroatoms. The average Bonchev–Trinajstić information content (AvgIpc) is 2.90. The van der Waals surface area contributed by atoms with Crippen molar-refractivity contribution >= 4 is 29.7 Å². The zero-order valence-corrected chi connectivity index (χ0v) is 20.4. The third-order valence-corrected chi connectivity index (χ3v) is 5.81. The second kappa shape index (κ2) is 11.3. The molecule has 190 valence electrons. The first-order valence-corrected chi connectivity index (χ1v) is 11.2. The lowest BCUT2D eigenvalue weighted by Crippen LogP contribution is -2.15. The Labute approximate surface area is 212 Å². The fraction of sp³-hybridized carbons (Fsp3) is 0.179. The summed E-state index contributed by atoms with van der Waals surface area (Å²) in [5.74, 6) is -5.33. The van der Waals surface area contributed by atoms with Crippen LogP contribution < -0.4 is 0 Å². The van der Waals surface area contributed by atoms with E-state index in [2.05, 4.69) is 4.74 Å². The number of benzene rings is 3. The predicted octanol–water partition coefficient (Wildman–Crippen LogP) is 4.33. The van der Waals surface area contributed by atoms with Crippen molar-refractivity contribution in [2.24, 2.45) is 0 Å². The van der Waals surface area contributed by atoms with Crippen LogP contribution in [0.4, 0.5) is 0 Å². The van der Waals surface area contributed by atoms with Crippen molar-refractivity contribution in [1.82, 2.24) is 0 Å². The number of ketones is 1. The molecule has 0 aliphatic carbocycles. The number of carboxylic acid groups (broad SMARTS) is 2. The van der Waals surface area contributed by atoms with Crippen molar-refractivity contribution in [3.05, 3.63) is 105 Å². The molecule has 2 N–H and O–H groups in total. The molecular weight excluding hydrogens is 480 g/mol. The maximum atomic E-state index is 13.0. The van der Waals surface area contributed by atoms with E-state index in [-0.39, 0.29) is 34.4 Å². The SMILES string of the molecule is CCc1ccc(COC(=O)c2ccc(C(=O)c3ccc(C(=O)O)c(C(=O)OC)c3)cc2C(=O)O)cc1C. The molecule has 3 rings (SSSR count). The molecule has 0 saturated heterocycles. The van der Waals surface area contributed by atoms with E-state index in [4.69, 9.17) is 4.74 Å². The molecule has 0 fully saturated rings. The predicted molar refractivity (Wildman–Crippen MR) is 131 cm³/mol. The first-order chi connectivity index (χ1) is 17.6. The summed E-state index contributed by atoms with van der Waals surface area (Å²) >= 11 is 0. The molecule has 0 radical (unpaired) electrons. The summed E-state index contributed by atoms with van der Waals surface area (Å²) in [4.78, 5) is 61.0. The normalized spacial score (nSPS) is 10.5. The summed E-state index contributed by atoms with van der Waals surface area (Å²) in [6.07, 6.45) is 0.868. The van der Waals surface area contributed by atoms with Crippen molar-refractivity contribution in [2.75, 3.05) is 7.11 Å². The van der Waals surface area contributed by atoms with Crippen LogP contribution in [0.25, 0.3) is 0 Å². The molecule has 0 saturated carbocycles. The van der Waals surface area contributed by atoms with Crippen LogP contribution in [-0.4, -0.2) is 47.0 Å². The summed E-state index contributed by atoms with van der Waals surface area (Å²) in [7, 11) is 1.07. The lowest BCUT2D eigenvalue weighted by molar-refractivity contribution is 0.0462. The smallest absolute Gasteiger partial charge is 0.339 e. The van der Waals surface area contributed by atoms with Crippen LogP contribution in [0, 0.1) is 6.92 Å². The fourth-order valence-corrected chi connectivity index (χ4v) is 3.83. The minimum absolute atomic E-state index is 0.0599. The van der Waals surface area contributed by atoms with E-state index in [0.29, 0.717) is 0 Å². The quantitative estimate of drug-likeness (QED) is 0.321. The van der Waals surface area contributed by atoms with Gasteiger partial charge >= 0.3 is 23.9 Å². The summed E-state index contributed by atoms with van der Waals surface area (Å²) < 4.78 is 9.90. The van der Waals surface area contributed by atoms with Gasteiger partial charge in [0, 0.05) is 11.1 Å². The van der Waals surface area contributed by atoms with Crippen molar-refractivity contribution in [3.63, 3.8) is 0 Å². The molecule has 0 amide bonds. The van der Waals surface area contributed by atoms with Crippen LogP contribution >= 0.6 is 0 Å². The highest BCUT2D eigenvalue weighted by atomic mass is 16.5. The standard InChI is InChI=1S/C28H24O9/c1-4-17-6-5-16(11-15(17)2)14-37-28(35)21-10-8-18(12-22(21)26(32)33)24(29)19-7-9-20(25(30)31)23(13-19)27(34)36-3/h5-13H,4,14H2,1-3H3,(H,30,31)(H,32,33). The lowest BCUT2D eigenvalue weighted by Gasteiger charge is -2.11. The Morgan fingerprint density at radius 1 is 0.730 bits per heavy atom. The number of carboxylic acids is 2. The first-order valence-electron chi connectivity index (χ1n) is 11.2. The van der Waals surface area contributed by atoms with Crippen LogP contribution in [0.15, 0.2) is 54.6 Å². The molecule has 0 aromatic heterocycles. The number of hydrogen-bond acceptors (Lipinski definition) is 7. The molecule has 37 heavy (non-hydrogen) atoms. The van der Waals surface area contributed by atoms with Gasteiger partial charge in [0.05, 0.1) is 29.4 Å². The number of ether oxygens (including phenoxy) is 2. The number of hydrogen-bond donors (Lipinski definition) is 2. The molecule has 0 atom stereocenters. The highest BCUT2D eigenvalue weighted by Crippen LogP contribution is 2.21.